The summed E-state index contributed by atoms with van der Waals surface area (Å²) in [6.07, 6.45) is 1.76. The van der Waals surface area contributed by atoms with Gasteiger partial charge in [-0.3, -0.25) is 0 Å². The molecule has 0 saturated carbocycles. The number of amides is 1. The number of nitrogens with zero attached hydrogens (tertiary/aromatic N) is 5. The normalized spacial score (nSPS) is 22.9. The molecule has 1 amide bonds. The fourth-order valence-electron chi connectivity index (χ4n) is 5.23. The van der Waals surface area contributed by atoms with Crippen molar-refractivity contribution in [3.8, 4) is 0 Å². The molecule has 2 aromatic rings. The second kappa shape index (κ2) is 14.8. The highest BCUT2D eigenvalue weighted by atomic mass is 35.5. The number of hydrogen-bond donors (Lipinski definition) is 3. The van der Waals surface area contributed by atoms with Crippen LogP contribution in [0.3, 0.4) is 0 Å². The Bertz CT molecular complexity index is 1080. The Balaban J connectivity index is 0.000000394. The summed E-state index contributed by atoms with van der Waals surface area (Å²) in [5.41, 5.74) is 15.2. The molecule has 10 nitrogen and oxygen atoms in total. The summed E-state index contributed by atoms with van der Waals surface area (Å²) in [5.74, 6) is 2.71. The predicted octanol–water partition coefficient (Wildman–Crippen LogP) is 4.65. The van der Waals surface area contributed by atoms with Crippen molar-refractivity contribution in [1.29, 1.82) is 0 Å². The summed E-state index contributed by atoms with van der Waals surface area (Å²) < 4.78 is 5.45. The van der Waals surface area contributed by atoms with E-state index in [-0.39, 0.29) is 30.9 Å². The molecule has 2 aliphatic heterocycles. The van der Waals surface area contributed by atoms with Crippen molar-refractivity contribution in [3.63, 3.8) is 0 Å². The molecule has 5 N–H and O–H groups in total. The first-order valence-corrected chi connectivity index (χ1v) is 13.2. The maximum atomic E-state index is 12.2. The van der Waals surface area contributed by atoms with Crippen LogP contribution in [0.15, 0.2) is 12.1 Å². The fourth-order valence-corrected chi connectivity index (χ4v) is 5.23. The number of nitrogens with two attached hydrogens (primary N) is 2. The van der Waals surface area contributed by atoms with Gasteiger partial charge in [0.05, 0.1) is 11.4 Å². The highest BCUT2D eigenvalue weighted by molar-refractivity contribution is 5.85. The Morgan fingerprint density at radius 2 is 1.44 bits per heavy atom. The lowest BCUT2D eigenvalue weighted by Gasteiger charge is -2.37. The number of halogens is 2. The van der Waals surface area contributed by atoms with Crippen molar-refractivity contribution in [2.75, 3.05) is 37.6 Å². The van der Waals surface area contributed by atoms with Gasteiger partial charge in [-0.2, -0.15) is 10.2 Å². The molecule has 12 heteroatoms. The monoisotopic (exact) mass is 584 g/mol. The van der Waals surface area contributed by atoms with Gasteiger partial charge >= 0.3 is 6.09 Å². The van der Waals surface area contributed by atoms with Crippen molar-refractivity contribution in [1.82, 2.24) is 30.6 Å². The number of aryl methyl sites for hydroxylation is 2. The van der Waals surface area contributed by atoms with Crippen LogP contribution in [0.4, 0.5) is 16.4 Å². The number of rotatable bonds is 2. The molecule has 2 saturated heterocycles. The van der Waals surface area contributed by atoms with Gasteiger partial charge in [0.25, 0.3) is 0 Å². The third-order valence-corrected chi connectivity index (χ3v) is 7.13. The van der Waals surface area contributed by atoms with Crippen molar-refractivity contribution >= 4 is 42.5 Å². The standard InChI is InChI=1S/C16H26N4O2.C11H18N4.2ClH/c1-10-8-13(17)18-19-14(10)12-6-7-20(9-11(12)2)15(21)22-16(3,4)5;1-7-5-10(12)14-15-11(7)9-3-4-13-6-8(9)2;;/h8,11-12H,6-7,9H2,1-5H3,(H2,17,18);5,8-9,13H,3-4,6H2,1-2H3,(H2,12,14);2*1H/t11-,12+;8-,9+;;/m11../s1. The van der Waals surface area contributed by atoms with Gasteiger partial charge in [0.1, 0.15) is 17.2 Å². The second-order valence-corrected chi connectivity index (χ2v) is 11.6. The number of carbonyl (C=O) groups is 1. The van der Waals surface area contributed by atoms with Gasteiger partial charge in [0.15, 0.2) is 0 Å². The van der Waals surface area contributed by atoms with E-state index in [4.69, 9.17) is 16.2 Å². The third-order valence-electron chi connectivity index (χ3n) is 7.13. The Hall–Kier alpha value is -2.43. The first kappa shape index (κ1) is 34.6. The second-order valence-electron chi connectivity index (χ2n) is 11.6. The molecule has 4 rings (SSSR count). The van der Waals surface area contributed by atoms with Crippen molar-refractivity contribution in [3.05, 3.63) is 34.6 Å². The van der Waals surface area contributed by atoms with Gasteiger partial charge in [0, 0.05) is 24.9 Å². The van der Waals surface area contributed by atoms with Gasteiger partial charge in [0.2, 0.25) is 0 Å². The summed E-state index contributed by atoms with van der Waals surface area (Å²) in [7, 11) is 0. The fraction of sp³-hybridized carbons (Fsp3) is 0.667. The zero-order valence-electron chi connectivity index (χ0n) is 24.2. The molecule has 220 valence electrons. The quantitative estimate of drug-likeness (QED) is 0.458. The van der Waals surface area contributed by atoms with Gasteiger partial charge in [-0.25, -0.2) is 4.79 Å². The lowest BCUT2D eigenvalue weighted by molar-refractivity contribution is 0.0153. The van der Waals surface area contributed by atoms with E-state index in [1.165, 1.54) is 5.56 Å². The molecule has 0 aromatic carbocycles. The van der Waals surface area contributed by atoms with Crippen LogP contribution < -0.4 is 16.8 Å². The number of piperidine rings is 2. The first-order valence-electron chi connectivity index (χ1n) is 13.2. The van der Waals surface area contributed by atoms with Crippen molar-refractivity contribution in [2.45, 2.75) is 78.7 Å². The minimum Gasteiger partial charge on any atom is -0.444 e. The Labute approximate surface area is 245 Å². The SMILES string of the molecule is Cc1cc(N)nnc1[C@H]1CCN(C(=O)OC(C)(C)C)C[C@H]1C.Cc1cc(N)nnc1[C@H]1CCNC[C@H]1C.Cl.Cl. The first-order chi connectivity index (χ1) is 17.4. The number of hydrogen-bond acceptors (Lipinski definition) is 9. The van der Waals surface area contributed by atoms with E-state index in [0.29, 0.717) is 48.4 Å². The number of nitrogen functional groups attached to an aromatic ring is 2. The van der Waals surface area contributed by atoms with E-state index in [1.54, 1.807) is 4.90 Å². The molecule has 2 aliphatic rings. The number of likely N-dealkylation sites (tertiary alicyclic amines) is 1. The van der Waals surface area contributed by atoms with E-state index < -0.39 is 5.60 Å². The molecule has 0 unspecified atom stereocenters. The van der Waals surface area contributed by atoms with Crippen LogP contribution in [-0.4, -0.2) is 63.2 Å². The molecule has 39 heavy (non-hydrogen) atoms. The highest BCUT2D eigenvalue weighted by Crippen LogP contribution is 2.34. The van der Waals surface area contributed by atoms with Crippen LogP contribution >= 0.6 is 24.8 Å². The van der Waals surface area contributed by atoms with E-state index in [0.717, 1.165) is 42.9 Å². The minimum atomic E-state index is -0.462. The molecule has 2 fully saturated rings. The lowest BCUT2D eigenvalue weighted by Crippen LogP contribution is -2.44. The van der Waals surface area contributed by atoms with Crippen LogP contribution in [-0.2, 0) is 4.74 Å². The van der Waals surface area contributed by atoms with Crippen LogP contribution in [0, 0.1) is 25.7 Å². The summed E-state index contributed by atoms with van der Waals surface area (Å²) in [4.78, 5) is 14.0. The molecular weight excluding hydrogens is 539 g/mol. The predicted molar refractivity (Wildman–Crippen MR) is 161 cm³/mol. The van der Waals surface area contributed by atoms with Gasteiger partial charge < -0.3 is 26.4 Å². The summed E-state index contributed by atoms with van der Waals surface area (Å²) in [6.45, 7) is 17.6. The molecular formula is C27H46Cl2N8O2. The van der Waals surface area contributed by atoms with E-state index in [2.05, 4.69) is 46.5 Å². The van der Waals surface area contributed by atoms with E-state index in [1.807, 2.05) is 39.8 Å². The maximum absolute atomic E-state index is 12.2. The Morgan fingerprint density at radius 1 is 0.923 bits per heavy atom. The molecule has 0 radical (unpaired) electrons. The smallest absolute Gasteiger partial charge is 0.410 e. The number of anilines is 2. The third kappa shape index (κ3) is 9.61. The largest absolute Gasteiger partial charge is 0.444 e. The van der Waals surface area contributed by atoms with Crippen LogP contribution in [0.25, 0.3) is 0 Å². The zero-order chi connectivity index (χ0) is 27.3. The molecule has 4 atom stereocenters. The summed E-state index contributed by atoms with van der Waals surface area (Å²) in [6, 6.07) is 3.77. The average Bonchev–Trinajstić information content (AvgIpc) is 2.80. The topological polar surface area (TPSA) is 145 Å². The van der Waals surface area contributed by atoms with Crippen LogP contribution in [0.1, 0.15) is 81.8 Å². The number of ether oxygens (including phenoxy) is 1. The van der Waals surface area contributed by atoms with Crippen molar-refractivity contribution in [2.24, 2.45) is 11.8 Å². The molecule has 0 spiro atoms. The molecule has 2 aromatic heterocycles. The van der Waals surface area contributed by atoms with E-state index in [9.17, 15) is 4.79 Å². The average molecular weight is 586 g/mol. The highest BCUT2D eigenvalue weighted by Gasteiger charge is 2.33. The number of aromatic nitrogens is 4. The summed E-state index contributed by atoms with van der Waals surface area (Å²) in [5, 5.41) is 19.8. The number of carbonyl (C=O) groups excluding carboxylic acids is 1. The van der Waals surface area contributed by atoms with Crippen LogP contribution in [0.5, 0.6) is 0 Å². The minimum absolute atomic E-state index is 0. The lowest BCUT2D eigenvalue weighted by atomic mass is 9.83. The Morgan fingerprint density at radius 3 is 1.87 bits per heavy atom. The molecule has 0 bridgehead atoms. The van der Waals surface area contributed by atoms with Gasteiger partial charge in [-0.05, 0) is 95.6 Å². The van der Waals surface area contributed by atoms with Gasteiger partial charge in [-0.1, -0.05) is 13.8 Å². The van der Waals surface area contributed by atoms with Crippen LogP contribution in [0.2, 0.25) is 0 Å². The molecule has 4 heterocycles. The maximum Gasteiger partial charge on any atom is 0.410 e. The summed E-state index contributed by atoms with van der Waals surface area (Å²) >= 11 is 0. The number of nitrogens with one attached hydrogen (secondary N) is 1. The van der Waals surface area contributed by atoms with Gasteiger partial charge in [-0.15, -0.1) is 35.0 Å². The van der Waals surface area contributed by atoms with E-state index >= 15 is 0 Å². The Kier molecular flexibility index (Phi) is 13.1. The van der Waals surface area contributed by atoms with Crippen molar-refractivity contribution < 1.29 is 9.53 Å². The molecule has 0 aliphatic carbocycles. The zero-order valence-corrected chi connectivity index (χ0v) is 25.9.